The maximum Gasteiger partial charge on any atom is 0.150 e. The van der Waals surface area contributed by atoms with E-state index in [1.807, 2.05) is 49.4 Å². The number of para-hydroxylation sites is 1. The molecule has 7 rings (SSSR count). The standard InChI is InChI=1S/C27H18FN3O.C7H14.C4H9NO.CH5N/c1-16-13-19(11-9-17(16)15-32)31-24-7-3-2-5-20(24)26-21(6-4-8-25(26)31)27-29-22-12-10-18(28)14-23(22)30-27;1-7-5-3-2-4-6-7;1-4(6)2-3-5;1-2/h2-15H,1H3,(H,29,30);7H,2-6H2,1H3;2-3,5H2,1H3;2H2,1H3. The number of aromatic nitrogens is 3. The third-order valence-electron chi connectivity index (χ3n) is 8.43. The Labute approximate surface area is 276 Å². The number of carbonyl (C=O) groups is 2. The van der Waals surface area contributed by atoms with Crippen LogP contribution in [0.1, 0.15) is 68.3 Å². The van der Waals surface area contributed by atoms with Gasteiger partial charge in [-0.25, -0.2) is 9.37 Å². The quantitative estimate of drug-likeness (QED) is 0.164. The highest BCUT2D eigenvalue weighted by molar-refractivity contribution is 6.15. The number of benzene rings is 4. The van der Waals surface area contributed by atoms with Gasteiger partial charge in [-0.3, -0.25) is 9.59 Å². The van der Waals surface area contributed by atoms with E-state index in [2.05, 4.69) is 40.4 Å². The lowest BCUT2D eigenvalue weighted by Gasteiger charge is -2.15. The summed E-state index contributed by atoms with van der Waals surface area (Å²) in [5.74, 6) is 1.61. The van der Waals surface area contributed by atoms with Crippen LogP contribution in [0.5, 0.6) is 0 Å². The molecular formula is C39H46FN5O2. The van der Waals surface area contributed by atoms with Crippen LogP contribution in [0.2, 0.25) is 0 Å². The molecular weight excluding hydrogens is 589 g/mol. The molecule has 0 bridgehead atoms. The lowest BCUT2D eigenvalue weighted by Crippen LogP contribution is -2.03. The minimum absolute atomic E-state index is 0.164. The van der Waals surface area contributed by atoms with Crippen LogP contribution < -0.4 is 11.5 Å². The van der Waals surface area contributed by atoms with Gasteiger partial charge in [0.25, 0.3) is 0 Å². The van der Waals surface area contributed by atoms with Crippen molar-refractivity contribution in [2.24, 2.45) is 17.4 Å². The molecule has 0 amide bonds. The fourth-order valence-electron chi connectivity index (χ4n) is 6.05. The van der Waals surface area contributed by atoms with Gasteiger partial charge in [0, 0.05) is 34.0 Å². The summed E-state index contributed by atoms with van der Waals surface area (Å²) in [5, 5.41) is 2.17. The molecule has 0 unspecified atom stereocenters. The number of hydrogen-bond donors (Lipinski definition) is 3. The number of H-pyrrole nitrogens is 1. The monoisotopic (exact) mass is 635 g/mol. The second kappa shape index (κ2) is 16.8. The third-order valence-corrected chi connectivity index (χ3v) is 8.43. The number of nitrogens with zero attached hydrogens (tertiary/aromatic N) is 2. The third kappa shape index (κ3) is 8.39. The van der Waals surface area contributed by atoms with Crippen molar-refractivity contribution in [1.82, 2.24) is 14.5 Å². The number of nitrogens with two attached hydrogens (primary N) is 2. The number of aldehydes is 1. The average molecular weight is 636 g/mol. The number of aromatic amines is 1. The van der Waals surface area contributed by atoms with Gasteiger partial charge in [0.1, 0.15) is 23.7 Å². The van der Waals surface area contributed by atoms with Gasteiger partial charge in [0.2, 0.25) is 0 Å². The van der Waals surface area contributed by atoms with Gasteiger partial charge in [-0.05, 0) is 87.5 Å². The van der Waals surface area contributed by atoms with Crippen LogP contribution in [0.3, 0.4) is 0 Å². The fraction of sp³-hybridized carbons (Fsp3) is 0.308. The molecule has 0 aliphatic heterocycles. The molecule has 0 spiro atoms. The average Bonchev–Trinajstić information content (AvgIpc) is 3.65. The second-order valence-electron chi connectivity index (χ2n) is 11.9. The number of imidazole rings is 1. The van der Waals surface area contributed by atoms with Crippen molar-refractivity contribution >= 4 is 44.9 Å². The van der Waals surface area contributed by atoms with Gasteiger partial charge >= 0.3 is 0 Å². The van der Waals surface area contributed by atoms with Crippen molar-refractivity contribution in [2.45, 2.75) is 59.3 Å². The first-order chi connectivity index (χ1) is 22.8. The summed E-state index contributed by atoms with van der Waals surface area (Å²) < 4.78 is 15.9. The lowest BCUT2D eigenvalue weighted by atomic mass is 9.91. The van der Waals surface area contributed by atoms with Gasteiger partial charge < -0.3 is 21.0 Å². The highest BCUT2D eigenvalue weighted by atomic mass is 19.1. The molecule has 2 aromatic heterocycles. The van der Waals surface area contributed by atoms with Crippen molar-refractivity contribution in [1.29, 1.82) is 0 Å². The Hall–Kier alpha value is -4.66. The van der Waals surface area contributed by atoms with E-state index < -0.39 is 0 Å². The number of halogens is 1. The van der Waals surface area contributed by atoms with Crippen molar-refractivity contribution in [3.63, 3.8) is 0 Å². The zero-order valence-electron chi connectivity index (χ0n) is 27.9. The van der Waals surface area contributed by atoms with E-state index in [0.29, 0.717) is 29.9 Å². The summed E-state index contributed by atoms with van der Waals surface area (Å²) in [6.07, 6.45) is 8.83. The number of aryl methyl sites for hydroxylation is 1. The number of ketones is 1. The molecule has 8 heteroatoms. The van der Waals surface area contributed by atoms with E-state index in [0.717, 1.165) is 56.3 Å². The van der Waals surface area contributed by atoms with E-state index in [1.165, 1.54) is 58.2 Å². The second-order valence-corrected chi connectivity index (χ2v) is 11.9. The van der Waals surface area contributed by atoms with E-state index in [4.69, 9.17) is 10.7 Å². The summed E-state index contributed by atoms with van der Waals surface area (Å²) in [6.45, 7) is 6.32. The van der Waals surface area contributed by atoms with E-state index in [-0.39, 0.29) is 11.6 Å². The first-order valence-corrected chi connectivity index (χ1v) is 16.3. The van der Waals surface area contributed by atoms with Crippen LogP contribution in [0.4, 0.5) is 4.39 Å². The molecule has 1 fully saturated rings. The van der Waals surface area contributed by atoms with Gasteiger partial charge in [-0.1, -0.05) is 69.4 Å². The summed E-state index contributed by atoms with van der Waals surface area (Å²) in [6, 6.07) is 24.8. The Bertz CT molecular complexity index is 1950. The molecule has 4 aromatic carbocycles. The van der Waals surface area contributed by atoms with Crippen molar-refractivity contribution in [2.75, 3.05) is 13.6 Å². The van der Waals surface area contributed by atoms with Crippen LogP contribution in [-0.2, 0) is 4.79 Å². The highest BCUT2D eigenvalue weighted by Crippen LogP contribution is 2.38. The topological polar surface area (TPSA) is 120 Å². The van der Waals surface area contributed by atoms with Gasteiger partial charge in [-0.2, -0.15) is 0 Å². The summed E-state index contributed by atoms with van der Waals surface area (Å²) in [7, 11) is 1.50. The van der Waals surface area contributed by atoms with E-state index in [9.17, 15) is 14.0 Å². The Morgan fingerprint density at radius 2 is 1.70 bits per heavy atom. The molecule has 0 atom stereocenters. The molecule has 1 aliphatic rings. The summed E-state index contributed by atoms with van der Waals surface area (Å²) in [5.41, 5.74) is 16.6. The van der Waals surface area contributed by atoms with Gasteiger partial charge in [-0.15, -0.1) is 0 Å². The SMILES string of the molecule is CC(=O)CCN.CC1CCCCC1.CN.Cc1cc(-n2c3ccccc3c3c(-c4nc5ccc(F)cc5[nH]4)cccc32)ccc1C=O. The fourth-order valence-corrected chi connectivity index (χ4v) is 6.05. The molecule has 1 aliphatic carbocycles. The van der Waals surface area contributed by atoms with Gasteiger partial charge in [0.05, 0.1) is 22.1 Å². The molecule has 47 heavy (non-hydrogen) atoms. The number of Topliss-reactive ketones (excluding diaryl/α,β-unsaturated/α-hetero) is 1. The summed E-state index contributed by atoms with van der Waals surface area (Å²) >= 11 is 0. The molecule has 0 saturated heterocycles. The van der Waals surface area contributed by atoms with Gasteiger partial charge in [0.15, 0.2) is 0 Å². The number of nitrogens with one attached hydrogen (secondary N) is 1. The van der Waals surface area contributed by atoms with Crippen LogP contribution in [0.15, 0.2) is 78.9 Å². The molecule has 1 saturated carbocycles. The predicted molar refractivity (Wildman–Crippen MR) is 193 cm³/mol. The Morgan fingerprint density at radius 3 is 2.32 bits per heavy atom. The number of carbonyl (C=O) groups excluding carboxylic acids is 2. The van der Waals surface area contributed by atoms with E-state index >= 15 is 0 Å². The van der Waals surface area contributed by atoms with Crippen LogP contribution >= 0.6 is 0 Å². The Balaban J connectivity index is 0.000000279. The predicted octanol–water partition coefficient (Wildman–Crippen LogP) is 8.67. The minimum atomic E-state index is -0.295. The largest absolute Gasteiger partial charge is 0.338 e. The maximum atomic E-state index is 13.7. The van der Waals surface area contributed by atoms with E-state index in [1.54, 1.807) is 6.07 Å². The van der Waals surface area contributed by atoms with Crippen LogP contribution in [0.25, 0.3) is 49.9 Å². The molecule has 6 aromatic rings. The number of fused-ring (bicyclic) bond motifs is 4. The number of rotatable bonds is 5. The van der Waals surface area contributed by atoms with Crippen molar-refractivity contribution in [3.05, 3.63) is 95.8 Å². The smallest absolute Gasteiger partial charge is 0.150 e. The minimum Gasteiger partial charge on any atom is -0.338 e. The molecule has 246 valence electrons. The maximum absolute atomic E-state index is 13.7. The van der Waals surface area contributed by atoms with Crippen molar-refractivity contribution in [3.8, 4) is 17.1 Å². The first kappa shape index (κ1) is 35.2. The molecule has 0 radical (unpaired) electrons. The van der Waals surface area contributed by atoms with Crippen LogP contribution in [-0.4, -0.2) is 40.2 Å². The molecule has 7 nitrogen and oxygen atoms in total. The zero-order valence-corrected chi connectivity index (χ0v) is 27.9. The van der Waals surface area contributed by atoms with Crippen LogP contribution in [0, 0.1) is 18.7 Å². The summed E-state index contributed by atoms with van der Waals surface area (Å²) in [4.78, 5) is 29.3. The van der Waals surface area contributed by atoms with Crippen molar-refractivity contribution < 1.29 is 14.0 Å². The molecule has 2 heterocycles. The lowest BCUT2D eigenvalue weighted by molar-refractivity contribution is -0.116. The Kier molecular flexibility index (Phi) is 12.6. The number of hydrogen-bond acceptors (Lipinski definition) is 5. The zero-order chi connectivity index (χ0) is 33.9. The normalized spacial score (nSPS) is 12.8. The Morgan fingerprint density at radius 1 is 0.979 bits per heavy atom. The molecule has 5 N–H and O–H groups in total. The first-order valence-electron chi connectivity index (χ1n) is 16.3. The highest BCUT2D eigenvalue weighted by Gasteiger charge is 2.18.